The van der Waals surface area contributed by atoms with Gasteiger partial charge in [0.05, 0.1) is 18.6 Å². The zero-order valence-electron chi connectivity index (χ0n) is 11.8. The summed E-state index contributed by atoms with van der Waals surface area (Å²) in [5.41, 5.74) is 6.22. The van der Waals surface area contributed by atoms with E-state index in [1.165, 1.54) is 25.6 Å². The lowest BCUT2D eigenvalue weighted by molar-refractivity contribution is 0.409. The number of hydrogen-bond donors (Lipinski definition) is 2. The summed E-state index contributed by atoms with van der Waals surface area (Å²) in [4.78, 5) is 0.130. The maximum atomic E-state index is 12.3. The molecule has 0 bridgehead atoms. The number of nitrogens with zero attached hydrogens (tertiary/aromatic N) is 3. The first kappa shape index (κ1) is 15.4. The Morgan fingerprint density at radius 2 is 2.19 bits per heavy atom. The summed E-state index contributed by atoms with van der Waals surface area (Å²) in [5, 5.41) is 7.51. The molecular formula is C12H17N5O3S. The number of nitrogens with two attached hydrogens (primary N) is 1. The SMILES string of the molecule is COc1ccc(S(=O)(=O)NCc2nncn2C)cc1CN. The van der Waals surface area contributed by atoms with Crippen LogP contribution in [0.3, 0.4) is 0 Å². The highest BCUT2D eigenvalue weighted by Crippen LogP contribution is 2.21. The fourth-order valence-electron chi connectivity index (χ4n) is 1.79. The molecule has 2 rings (SSSR count). The first-order chi connectivity index (χ1) is 9.97. The molecule has 0 atom stereocenters. The minimum Gasteiger partial charge on any atom is -0.496 e. The molecule has 1 aromatic carbocycles. The van der Waals surface area contributed by atoms with Crippen LogP contribution in [0.1, 0.15) is 11.4 Å². The zero-order valence-corrected chi connectivity index (χ0v) is 12.6. The van der Waals surface area contributed by atoms with Crippen molar-refractivity contribution < 1.29 is 13.2 Å². The number of benzene rings is 1. The first-order valence-corrected chi connectivity index (χ1v) is 7.65. The van der Waals surface area contributed by atoms with E-state index in [-0.39, 0.29) is 18.0 Å². The summed E-state index contributed by atoms with van der Waals surface area (Å²) in [7, 11) is -0.404. The maximum Gasteiger partial charge on any atom is 0.240 e. The van der Waals surface area contributed by atoms with Gasteiger partial charge in [0.2, 0.25) is 10.0 Å². The van der Waals surface area contributed by atoms with E-state index >= 15 is 0 Å². The molecule has 0 aliphatic heterocycles. The van der Waals surface area contributed by atoms with Crippen LogP contribution in [-0.4, -0.2) is 30.3 Å². The van der Waals surface area contributed by atoms with Crippen molar-refractivity contribution in [2.45, 2.75) is 18.0 Å². The Morgan fingerprint density at radius 1 is 1.43 bits per heavy atom. The molecule has 8 nitrogen and oxygen atoms in total. The van der Waals surface area contributed by atoms with Crippen LogP contribution in [0, 0.1) is 0 Å². The Bertz CT molecular complexity index is 726. The van der Waals surface area contributed by atoms with Crippen LogP contribution < -0.4 is 15.2 Å². The van der Waals surface area contributed by atoms with Crippen molar-refractivity contribution in [3.8, 4) is 5.75 Å². The highest BCUT2D eigenvalue weighted by atomic mass is 32.2. The van der Waals surface area contributed by atoms with Crippen molar-refractivity contribution >= 4 is 10.0 Å². The summed E-state index contributed by atoms with van der Waals surface area (Å²) >= 11 is 0. The second-order valence-corrected chi connectivity index (χ2v) is 6.13. The number of methoxy groups -OCH3 is 1. The fourth-order valence-corrected chi connectivity index (χ4v) is 2.82. The second-order valence-electron chi connectivity index (χ2n) is 4.36. The number of aromatic nitrogens is 3. The molecule has 0 amide bonds. The van der Waals surface area contributed by atoms with Gasteiger partial charge in [-0.1, -0.05) is 0 Å². The van der Waals surface area contributed by atoms with E-state index in [4.69, 9.17) is 10.5 Å². The van der Waals surface area contributed by atoms with Crippen molar-refractivity contribution in [2.24, 2.45) is 12.8 Å². The molecule has 0 saturated carbocycles. The Kier molecular flexibility index (Phi) is 4.56. The Balaban J connectivity index is 2.21. The van der Waals surface area contributed by atoms with Gasteiger partial charge < -0.3 is 15.0 Å². The van der Waals surface area contributed by atoms with E-state index in [9.17, 15) is 8.42 Å². The van der Waals surface area contributed by atoms with Gasteiger partial charge in [-0.2, -0.15) is 0 Å². The molecule has 1 heterocycles. The van der Waals surface area contributed by atoms with Gasteiger partial charge in [0.15, 0.2) is 0 Å². The zero-order chi connectivity index (χ0) is 15.5. The lowest BCUT2D eigenvalue weighted by Gasteiger charge is -2.10. The van der Waals surface area contributed by atoms with Gasteiger partial charge in [-0.15, -0.1) is 10.2 Å². The van der Waals surface area contributed by atoms with E-state index in [0.717, 1.165) is 0 Å². The van der Waals surface area contributed by atoms with Crippen LogP contribution in [0.4, 0.5) is 0 Å². The van der Waals surface area contributed by atoms with E-state index < -0.39 is 10.0 Å². The monoisotopic (exact) mass is 311 g/mol. The molecule has 1 aromatic heterocycles. The van der Waals surface area contributed by atoms with Crippen molar-refractivity contribution in [3.63, 3.8) is 0 Å². The van der Waals surface area contributed by atoms with Gasteiger partial charge in [-0.25, -0.2) is 13.1 Å². The van der Waals surface area contributed by atoms with Crippen molar-refractivity contribution in [1.82, 2.24) is 19.5 Å². The molecule has 0 spiro atoms. The average Bonchev–Trinajstić information content (AvgIpc) is 2.89. The van der Waals surface area contributed by atoms with Crippen molar-refractivity contribution in [1.29, 1.82) is 0 Å². The Morgan fingerprint density at radius 3 is 2.76 bits per heavy atom. The average molecular weight is 311 g/mol. The van der Waals surface area contributed by atoms with E-state index in [1.54, 1.807) is 17.7 Å². The number of sulfonamides is 1. The topological polar surface area (TPSA) is 112 Å². The maximum absolute atomic E-state index is 12.3. The molecule has 0 aliphatic rings. The number of hydrogen-bond acceptors (Lipinski definition) is 6. The molecule has 0 fully saturated rings. The number of aryl methyl sites for hydroxylation is 1. The summed E-state index contributed by atoms with van der Waals surface area (Å²) in [6.45, 7) is 0.249. The van der Waals surface area contributed by atoms with Gasteiger partial charge in [-0.05, 0) is 18.2 Å². The number of rotatable bonds is 6. The number of ether oxygens (including phenoxy) is 1. The van der Waals surface area contributed by atoms with Gasteiger partial charge >= 0.3 is 0 Å². The molecule has 0 radical (unpaired) electrons. The predicted molar refractivity (Wildman–Crippen MR) is 75.9 cm³/mol. The van der Waals surface area contributed by atoms with Crippen LogP contribution in [0.2, 0.25) is 0 Å². The lowest BCUT2D eigenvalue weighted by Crippen LogP contribution is -2.25. The highest BCUT2D eigenvalue weighted by molar-refractivity contribution is 7.89. The summed E-state index contributed by atoms with van der Waals surface area (Å²) < 4.78 is 33.7. The minimum absolute atomic E-state index is 0.0584. The molecule has 114 valence electrons. The third kappa shape index (κ3) is 3.38. The van der Waals surface area contributed by atoms with Crippen LogP contribution in [0.25, 0.3) is 0 Å². The highest BCUT2D eigenvalue weighted by Gasteiger charge is 2.17. The second kappa shape index (κ2) is 6.20. The van der Waals surface area contributed by atoms with Crippen LogP contribution in [0.15, 0.2) is 29.4 Å². The van der Waals surface area contributed by atoms with Crippen LogP contribution in [0.5, 0.6) is 5.75 Å². The van der Waals surface area contributed by atoms with Gasteiger partial charge in [0, 0.05) is 19.2 Å². The fraction of sp³-hybridized carbons (Fsp3) is 0.333. The van der Waals surface area contributed by atoms with Crippen LogP contribution >= 0.6 is 0 Å². The molecule has 0 unspecified atom stereocenters. The van der Waals surface area contributed by atoms with Crippen molar-refractivity contribution in [3.05, 3.63) is 35.9 Å². The van der Waals surface area contributed by atoms with Gasteiger partial charge in [-0.3, -0.25) is 0 Å². The third-order valence-electron chi connectivity index (χ3n) is 3.01. The normalized spacial score (nSPS) is 11.6. The Hall–Kier alpha value is -1.97. The van der Waals surface area contributed by atoms with E-state index in [2.05, 4.69) is 14.9 Å². The number of nitrogens with one attached hydrogen (secondary N) is 1. The summed E-state index contributed by atoms with van der Waals surface area (Å²) in [5.74, 6) is 1.08. The quantitative estimate of drug-likeness (QED) is 0.761. The summed E-state index contributed by atoms with van der Waals surface area (Å²) in [6, 6.07) is 4.55. The van der Waals surface area contributed by atoms with Gasteiger partial charge in [0.1, 0.15) is 17.9 Å². The van der Waals surface area contributed by atoms with Crippen molar-refractivity contribution in [2.75, 3.05) is 7.11 Å². The first-order valence-electron chi connectivity index (χ1n) is 6.17. The Labute approximate surface area is 123 Å². The standard InChI is InChI=1S/C12H17N5O3S/c1-17-8-14-16-12(17)7-15-21(18,19)10-3-4-11(20-2)9(5-10)6-13/h3-5,8,15H,6-7,13H2,1-2H3. The molecule has 0 aliphatic carbocycles. The molecular weight excluding hydrogens is 294 g/mol. The van der Waals surface area contributed by atoms with Gasteiger partial charge in [0.25, 0.3) is 0 Å². The molecule has 3 N–H and O–H groups in total. The lowest BCUT2D eigenvalue weighted by atomic mass is 10.2. The predicted octanol–water partition coefficient (Wildman–Crippen LogP) is -0.239. The summed E-state index contributed by atoms with van der Waals surface area (Å²) in [6.07, 6.45) is 1.50. The molecule has 9 heteroatoms. The van der Waals surface area contributed by atoms with E-state index in [0.29, 0.717) is 17.1 Å². The van der Waals surface area contributed by atoms with Crippen LogP contribution in [-0.2, 0) is 30.2 Å². The largest absolute Gasteiger partial charge is 0.496 e. The molecule has 0 saturated heterocycles. The molecule has 2 aromatic rings. The molecule has 21 heavy (non-hydrogen) atoms. The minimum atomic E-state index is -3.65. The third-order valence-corrected chi connectivity index (χ3v) is 4.41. The van der Waals surface area contributed by atoms with E-state index in [1.807, 2.05) is 0 Å². The smallest absolute Gasteiger partial charge is 0.240 e.